The Bertz CT molecular complexity index is 1390. The van der Waals surface area contributed by atoms with Crippen molar-refractivity contribution in [3.8, 4) is 0 Å². The molecule has 0 aliphatic heterocycles. The van der Waals surface area contributed by atoms with Gasteiger partial charge in [-0.3, -0.25) is 0 Å². The number of hydrogen-bond donors (Lipinski definition) is 15. The van der Waals surface area contributed by atoms with Crippen LogP contribution in [0, 0.1) is 0 Å². The molecule has 0 saturated heterocycles. The standard InChI is InChI=1S/15C3H4O2.5Au/c15*1-2-3(4)5;;;;;/h15*2H,1H2,(H,4,5);;;;;. The molecule has 0 aromatic rings. The molecule has 0 heterocycles. The van der Waals surface area contributed by atoms with Crippen molar-refractivity contribution < 1.29 is 260 Å². The topological polar surface area (TPSA) is 560 Å². The third-order valence-corrected chi connectivity index (χ3v) is 2.62. The van der Waals surface area contributed by atoms with E-state index in [0.29, 0.717) is 0 Å². The molecule has 35 heteroatoms. The summed E-state index contributed by atoms with van der Waals surface area (Å²) in [5.41, 5.74) is 0. The van der Waals surface area contributed by atoms with Gasteiger partial charge in [-0.25, -0.2) is 71.9 Å². The zero-order valence-electron chi connectivity index (χ0n) is 41.1. The van der Waals surface area contributed by atoms with Crippen LogP contribution in [0.15, 0.2) is 190 Å². The van der Waals surface area contributed by atoms with Crippen LogP contribution < -0.4 is 0 Å². The van der Waals surface area contributed by atoms with Crippen molar-refractivity contribution in [1.29, 1.82) is 0 Å². The maximum atomic E-state index is 9.25. The summed E-state index contributed by atoms with van der Waals surface area (Å²) in [6.45, 7) is 44.4. The smallest absolute Gasteiger partial charge is 0.327 e. The van der Waals surface area contributed by atoms with E-state index >= 15 is 0 Å². The molecule has 80 heavy (non-hydrogen) atoms. The molecule has 0 atom stereocenters. The molecule has 0 fully saturated rings. The number of carboxylic acid groups (broad SMARTS) is 15. The Balaban J connectivity index is -0.0000000267. The van der Waals surface area contributed by atoms with Gasteiger partial charge in [-0.2, -0.15) is 0 Å². The van der Waals surface area contributed by atoms with Gasteiger partial charge in [0.25, 0.3) is 0 Å². The average molecular weight is 2070 g/mol. The molecule has 0 aromatic heterocycles. The van der Waals surface area contributed by atoms with Gasteiger partial charge in [0.15, 0.2) is 0 Å². The van der Waals surface area contributed by atoms with Gasteiger partial charge in [0.05, 0.1) is 0 Å². The Labute approximate surface area is 535 Å². The largest absolute Gasteiger partial charge is 0.478 e. The Hall–Kier alpha value is -8.15. The van der Waals surface area contributed by atoms with Gasteiger partial charge in [0.1, 0.15) is 0 Å². The molecule has 5 radical (unpaired) electrons. The van der Waals surface area contributed by atoms with Gasteiger partial charge in [0.2, 0.25) is 0 Å². The first-order valence-corrected chi connectivity index (χ1v) is 16.9. The molecule has 0 amide bonds. The van der Waals surface area contributed by atoms with Crippen molar-refractivity contribution in [2.24, 2.45) is 0 Å². The van der Waals surface area contributed by atoms with E-state index in [1.807, 2.05) is 0 Å². The summed E-state index contributed by atoms with van der Waals surface area (Å²) < 4.78 is 0. The van der Waals surface area contributed by atoms with Crippen molar-refractivity contribution in [1.82, 2.24) is 0 Å². The molecule has 475 valence electrons. The van der Waals surface area contributed by atoms with Gasteiger partial charge < -0.3 is 76.6 Å². The van der Waals surface area contributed by atoms with Crippen LogP contribution in [-0.4, -0.2) is 166 Å². The minimum Gasteiger partial charge on any atom is -0.478 e. The Kier molecular flexibility index (Phi) is 216. The second-order valence-electron chi connectivity index (χ2n) is 8.14. The molecule has 0 bridgehead atoms. The molecule has 0 rings (SSSR count). The second kappa shape index (κ2) is 129. The summed E-state index contributed by atoms with van der Waals surface area (Å²) in [7, 11) is 0. The summed E-state index contributed by atoms with van der Waals surface area (Å²) in [4.78, 5) is 139. The van der Waals surface area contributed by atoms with Crippen molar-refractivity contribution in [2.45, 2.75) is 0 Å². The van der Waals surface area contributed by atoms with Crippen LogP contribution in [0.4, 0.5) is 0 Å². The van der Waals surface area contributed by atoms with Crippen molar-refractivity contribution in [3.05, 3.63) is 190 Å². The zero-order chi connectivity index (χ0) is 64.3. The molecule has 0 aliphatic carbocycles. The van der Waals surface area contributed by atoms with Gasteiger partial charge in [0, 0.05) is 203 Å². The quantitative estimate of drug-likeness (QED) is 0.0818. The first-order valence-electron chi connectivity index (χ1n) is 16.9. The molecule has 15 N–H and O–H groups in total. The summed E-state index contributed by atoms with van der Waals surface area (Å²) in [6.07, 6.45) is 12.5. The summed E-state index contributed by atoms with van der Waals surface area (Å²) >= 11 is 0. The minimum absolute atomic E-state index is 0. The number of carbonyl (C=O) groups is 15. The van der Waals surface area contributed by atoms with E-state index < -0.39 is 89.5 Å². The Morgan fingerprint density at radius 2 is 0.150 bits per heavy atom. The molecule has 0 aromatic carbocycles. The molecule has 0 saturated carbocycles. The predicted molar refractivity (Wildman–Crippen MR) is 267 cm³/mol. The van der Waals surface area contributed by atoms with Crippen LogP contribution in [-0.2, 0) is 184 Å². The fourth-order valence-corrected chi connectivity index (χ4v) is 0. The third kappa shape index (κ3) is 693. The van der Waals surface area contributed by atoms with E-state index in [9.17, 15) is 71.9 Å². The van der Waals surface area contributed by atoms with Crippen LogP contribution in [0.5, 0.6) is 0 Å². The van der Waals surface area contributed by atoms with E-state index in [1.54, 1.807) is 0 Å². The molecule has 0 unspecified atom stereocenters. The van der Waals surface area contributed by atoms with Gasteiger partial charge in [-0.15, -0.1) is 0 Å². The van der Waals surface area contributed by atoms with Gasteiger partial charge >= 0.3 is 89.5 Å². The first kappa shape index (κ1) is 134. The fraction of sp³-hybridized carbons (Fsp3) is 0. The van der Waals surface area contributed by atoms with E-state index in [4.69, 9.17) is 76.6 Å². The summed E-state index contributed by atoms with van der Waals surface area (Å²) in [5, 5.41) is 114. The summed E-state index contributed by atoms with van der Waals surface area (Å²) in [5.74, 6) is -14.7. The molecule has 0 aliphatic rings. The van der Waals surface area contributed by atoms with Gasteiger partial charge in [-0.1, -0.05) is 98.7 Å². The van der Waals surface area contributed by atoms with Crippen molar-refractivity contribution in [2.75, 3.05) is 0 Å². The van der Waals surface area contributed by atoms with E-state index in [2.05, 4.69) is 98.7 Å². The number of hydrogen-bond acceptors (Lipinski definition) is 15. The van der Waals surface area contributed by atoms with Crippen LogP contribution in [0.25, 0.3) is 0 Å². The van der Waals surface area contributed by atoms with Crippen LogP contribution in [0.3, 0.4) is 0 Å². The second-order valence-corrected chi connectivity index (χ2v) is 8.14. The third-order valence-electron chi connectivity index (χ3n) is 2.62. The van der Waals surface area contributed by atoms with Crippen LogP contribution in [0.1, 0.15) is 0 Å². The first-order chi connectivity index (χ1) is 34.1. The van der Waals surface area contributed by atoms with Crippen molar-refractivity contribution >= 4 is 89.5 Å². The van der Waals surface area contributed by atoms with E-state index in [-0.39, 0.29) is 112 Å². The molecule has 0 spiro atoms. The van der Waals surface area contributed by atoms with E-state index in [1.165, 1.54) is 0 Å². The number of carboxylic acids is 15. The predicted octanol–water partition coefficient (Wildman–Crippen LogP) is 3.84. The van der Waals surface area contributed by atoms with Gasteiger partial charge in [-0.05, 0) is 0 Å². The molecular formula is C45H60Au5O30. The monoisotopic (exact) mass is 2070 g/mol. The van der Waals surface area contributed by atoms with Crippen molar-refractivity contribution in [3.63, 3.8) is 0 Å². The SMILES string of the molecule is C=CC(=O)O.C=CC(=O)O.C=CC(=O)O.C=CC(=O)O.C=CC(=O)O.C=CC(=O)O.C=CC(=O)O.C=CC(=O)O.C=CC(=O)O.C=CC(=O)O.C=CC(=O)O.C=CC(=O)O.C=CC(=O)O.C=CC(=O)O.C=CC(=O)O.[Au].[Au].[Au].[Au].[Au]. The normalized spacial score (nSPS) is 6.00. The number of aliphatic carboxylic acids is 15. The minimum atomic E-state index is -0.981. The fourth-order valence-electron chi connectivity index (χ4n) is 0. The summed E-state index contributed by atoms with van der Waals surface area (Å²) in [6, 6.07) is 0. The average Bonchev–Trinajstić information content (AvgIpc) is 3.35. The van der Waals surface area contributed by atoms with E-state index in [0.717, 1.165) is 91.1 Å². The number of rotatable bonds is 15. The molecule has 30 nitrogen and oxygen atoms in total. The Morgan fingerprint density at radius 3 is 0.150 bits per heavy atom. The molecular weight excluding hydrogens is 2010 g/mol. The van der Waals surface area contributed by atoms with Crippen LogP contribution >= 0.6 is 0 Å². The zero-order valence-corrected chi connectivity index (χ0v) is 51.9. The maximum Gasteiger partial charge on any atom is 0.327 e. The van der Waals surface area contributed by atoms with Crippen LogP contribution in [0.2, 0.25) is 0 Å². The Morgan fingerprint density at radius 1 is 0.138 bits per heavy atom. The maximum absolute atomic E-state index is 9.25.